The molecule has 0 amide bonds. The van der Waals surface area contributed by atoms with Crippen LogP contribution in [-0.2, 0) is 6.42 Å². The lowest BCUT2D eigenvalue weighted by Gasteiger charge is -2.30. The summed E-state index contributed by atoms with van der Waals surface area (Å²) in [5, 5.41) is 9.72. The van der Waals surface area contributed by atoms with Gasteiger partial charge in [-0.3, -0.25) is 0 Å². The Balaban J connectivity index is 1.58. The molecule has 1 aliphatic heterocycles. The largest absolute Gasteiger partial charge is 0.408 e. The van der Waals surface area contributed by atoms with Crippen LogP contribution in [0.1, 0.15) is 24.8 Å². The van der Waals surface area contributed by atoms with Gasteiger partial charge in [-0.25, -0.2) is 10.1 Å². The van der Waals surface area contributed by atoms with E-state index in [1.165, 1.54) is 25.9 Å². The van der Waals surface area contributed by atoms with E-state index in [1.54, 1.807) is 11.3 Å². The average molecular weight is 310 g/mol. The second kappa shape index (κ2) is 6.15. The van der Waals surface area contributed by atoms with Gasteiger partial charge in [-0.15, -0.1) is 16.4 Å². The molecule has 0 aliphatic carbocycles. The number of nitrogens with one attached hydrogen (secondary N) is 1. The third-order valence-electron chi connectivity index (χ3n) is 3.59. The van der Waals surface area contributed by atoms with Gasteiger partial charge in [0.2, 0.25) is 0 Å². The number of hydrogen-bond donors (Lipinski definition) is 1. The third kappa shape index (κ3) is 3.34. The van der Waals surface area contributed by atoms with Crippen LogP contribution in [0, 0.1) is 10.8 Å². The monoisotopic (exact) mass is 310 g/mol. The highest BCUT2D eigenvalue weighted by Crippen LogP contribution is 2.21. The molecule has 5 nitrogen and oxygen atoms in total. The van der Waals surface area contributed by atoms with Crippen LogP contribution in [0.3, 0.4) is 0 Å². The topological polar surface area (TPSA) is 58.0 Å². The number of piperidine rings is 1. The maximum absolute atomic E-state index is 5.27. The molecular formula is C13H18N4OS2. The molecular weight excluding hydrogens is 292 g/mol. The number of hydrogen-bond acceptors (Lipinski definition) is 6. The minimum Gasteiger partial charge on any atom is -0.408 e. The standard InChI is InChI=1S/C13H18N4OS2/c1-9-3-2-5-17(7-9)6-4-11-14-10(8-20-11)12-15-16-13(19)18-12/h8-9H,2-7H2,1H3,(H,16,19). The van der Waals surface area contributed by atoms with E-state index < -0.39 is 0 Å². The fourth-order valence-electron chi connectivity index (χ4n) is 2.61. The second-order valence-electron chi connectivity index (χ2n) is 5.34. The van der Waals surface area contributed by atoms with Gasteiger partial charge >= 0.3 is 0 Å². The van der Waals surface area contributed by atoms with E-state index in [2.05, 4.69) is 27.0 Å². The van der Waals surface area contributed by atoms with Gasteiger partial charge in [0.15, 0.2) is 0 Å². The first-order valence-corrected chi connectivity index (χ1v) is 8.22. The predicted octanol–water partition coefficient (Wildman–Crippen LogP) is 3.13. The van der Waals surface area contributed by atoms with Crippen LogP contribution in [0.2, 0.25) is 0 Å². The van der Waals surface area contributed by atoms with Crippen LogP contribution in [-0.4, -0.2) is 39.7 Å². The number of aromatic amines is 1. The van der Waals surface area contributed by atoms with Crippen molar-refractivity contribution in [2.75, 3.05) is 19.6 Å². The van der Waals surface area contributed by atoms with Crippen LogP contribution < -0.4 is 0 Å². The number of H-pyrrole nitrogens is 1. The zero-order valence-electron chi connectivity index (χ0n) is 11.5. The summed E-state index contributed by atoms with van der Waals surface area (Å²) in [4.78, 5) is 7.39. The fraction of sp³-hybridized carbons (Fsp3) is 0.615. The number of likely N-dealkylation sites (tertiary alicyclic amines) is 1. The molecule has 1 atom stereocenters. The molecule has 1 fully saturated rings. The molecule has 3 rings (SSSR count). The van der Waals surface area contributed by atoms with Crippen molar-refractivity contribution in [1.29, 1.82) is 0 Å². The third-order valence-corrected chi connectivity index (χ3v) is 4.68. The predicted molar refractivity (Wildman–Crippen MR) is 81.3 cm³/mol. The highest BCUT2D eigenvalue weighted by molar-refractivity contribution is 7.71. The Bertz CT molecular complexity index is 618. The molecule has 0 bridgehead atoms. The zero-order chi connectivity index (χ0) is 13.9. The van der Waals surface area contributed by atoms with Crippen LogP contribution in [0.4, 0.5) is 0 Å². The lowest BCUT2D eigenvalue weighted by molar-refractivity contribution is 0.186. The molecule has 0 aromatic carbocycles. The summed E-state index contributed by atoms with van der Waals surface area (Å²) in [6.07, 6.45) is 3.67. The average Bonchev–Trinajstić information content (AvgIpc) is 3.05. The van der Waals surface area contributed by atoms with Crippen molar-refractivity contribution in [1.82, 2.24) is 20.1 Å². The molecule has 2 aromatic rings. The summed E-state index contributed by atoms with van der Waals surface area (Å²) in [6, 6.07) is 0. The van der Waals surface area contributed by atoms with E-state index in [4.69, 9.17) is 16.6 Å². The first kappa shape index (κ1) is 13.9. The minimum atomic E-state index is 0.289. The highest BCUT2D eigenvalue weighted by Gasteiger charge is 2.16. The van der Waals surface area contributed by atoms with Crippen LogP contribution in [0.5, 0.6) is 0 Å². The fourth-order valence-corrected chi connectivity index (χ4v) is 3.49. The summed E-state index contributed by atoms with van der Waals surface area (Å²) in [7, 11) is 0. The molecule has 7 heteroatoms. The Hall–Kier alpha value is -1.05. The SMILES string of the molecule is CC1CCCN(CCc2nc(-c3n[nH]c(=S)o3)cs2)C1. The summed E-state index contributed by atoms with van der Waals surface area (Å²) in [5.41, 5.74) is 0.768. The first-order valence-electron chi connectivity index (χ1n) is 6.93. The summed E-state index contributed by atoms with van der Waals surface area (Å²) >= 11 is 6.53. The van der Waals surface area contributed by atoms with E-state index in [9.17, 15) is 0 Å². The molecule has 0 saturated carbocycles. The Labute approximate surface area is 127 Å². The molecule has 20 heavy (non-hydrogen) atoms. The van der Waals surface area contributed by atoms with Crippen LogP contribution >= 0.6 is 23.6 Å². The van der Waals surface area contributed by atoms with Gasteiger partial charge in [-0.05, 0) is 37.5 Å². The van der Waals surface area contributed by atoms with Crippen molar-refractivity contribution < 1.29 is 4.42 Å². The molecule has 3 heterocycles. The smallest absolute Gasteiger partial charge is 0.284 e. The number of nitrogens with zero attached hydrogens (tertiary/aromatic N) is 3. The van der Waals surface area contributed by atoms with Crippen LogP contribution in [0.15, 0.2) is 9.80 Å². The molecule has 1 saturated heterocycles. The number of aromatic nitrogens is 3. The van der Waals surface area contributed by atoms with E-state index in [0.717, 1.165) is 29.6 Å². The first-order chi connectivity index (χ1) is 9.70. The normalized spacial score (nSPS) is 20.4. The van der Waals surface area contributed by atoms with Gasteiger partial charge in [0.25, 0.3) is 10.7 Å². The van der Waals surface area contributed by atoms with E-state index in [0.29, 0.717) is 5.89 Å². The molecule has 108 valence electrons. The Morgan fingerprint density at radius 2 is 2.50 bits per heavy atom. The van der Waals surface area contributed by atoms with Crippen LogP contribution in [0.25, 0.3) is 11.6 Å². The Kier molecular flexibility index (Phi) is 4.28. The quantitative estimate of drug-likeness (QED) is 0.879. The molecule has 1 unspecified atom stereocenters. The maximum Gasteiger partial charge on any atom is 0.284 e. The summed E-state index contributed by atoms with van der Waals surface area (Å²) in [5.74, 6) is 1.30. The van der Waals surface area contributed by atoms with E-state index in [1.807, 2.05) is 5.38 Å². The molecule has 0 spiro atoms. The van der Waals surface area contributed by atoms with Crippen molar-refractivity contribution in [3.63, 3.8) is 0 Å². The Morgan fingerprint density at radius 1 is 1.60 bits per heavy atom. The lowest BCUT2D eigenvalue weighted by atomic mass is 10.0. The van der Waals surface area contributed by atoms with Gasteiger partial charge in [0.05, 0.1) is 5.01 Å². The molecule has 1 N–H and O–H groups in total. The van der Waals surface area contributed by atoms with Crippen molar-refractivity contribution in [2.24, 2.45) is 5.92 Å². The molecule has 2 aromatic heterocycles. The lowest BCUT2D eigenvalue weighted by Crippen LogP contribution is -2.35. The van der Waals surface area contributed by atoms with E-state index in [-0.39, 0.29) is 4.84 Å². The minimum absolute atomic E-state index is 0.289. The maximum atomic E-state index is 5.27. The van der Waals surface area contributed by atoms with Crippen molar-refractivity contribution in [3.8, 4) is 11.6 Å². The number of rotatable bonds is 4. The summed E-state index contributed by atoms with van der Waals surface area (Å²) < 4.78 is 5.27. The van der Waals surface area contributed by atoms with Gasteiger partial charge in [0.1, 0.15) is 5.69 Å². The summed E-state index contributed by atoms with van der Waals surface area (Å²) in [6.45, 7) is 5.85. The van der Waals surface area contributed by atoms with Gasteiger partial charge in [-0.2, -0.15) is 0 Å². The number of thiazole rings is 1. The molecule has 1 aliphatic rings. The van der Waals surface area contributed by atoms with Gasteiger partial charge in [0, 0.05) is 24.9 Å². The highest BCUT2D eigenvalue weighted by atomic mass is 32.1. The van der Waals surface area contributed by atoms with E-state index >= 15 is 0 Å². The van der Waals surface area contributed by atoms with Crippen molar-refractivity contribution in [2.45, 2.75) is 26.2 Å². The zero-order valence-corrected chi connectivity index (χ0v) is 13.1. The van der Waals surface area contributed by atoms with Crippen molar-refractivity contribution >= 4 is 23.6 Å². The van der Waals surface area contributed by atoms with Crippen molar-refractivity contribution in [3.05, 3.63) is 15.2 Å². The second-order valence-corrected chi connectivity index (χ2v) is 6.66. The molecule has 0 radical (unpaired) electrons. The van der Waals surface area contributed by atoms with Gasteiger partial charge < -0.3 is 9.32 Å². The Morgan fingerprint density at radius 3 is 3.25 bits per heavy atom. The van der Waals surface area contributed by atoms with Gasteiger partial charge in [-0.1, -0.05) is 6.92 Å².